The molecule has 120 valence electrons. The van der Waals surface area contributed by atoms with Crippen molar-refractivity contribution in [1.29, 1.82) is 0 Å². The van der Waals surface area contributed by atoms with Crippen molar-refractivity contribution in [2.45, 2.75) is 26.1 Å². The molecule has 1 saturated heterocycles. The Morgan fingerprint density at radius 1 is 1.30 bits per heavy atom. The molecule has 2 aromatic heterocycles. The van der Waals surface area contributed by atoms with Crippen molar-refractivity contribution in [2.24, 2.45) is 0 Å². The highest BCUT2D eigenvalue weighted by Gasteiger charge is 2.26. The van der Waals surface area contributed by atoms with Crippen LogP contribution in [0.2, 0.25) is 0 Å². The molecule has 0 aliphatic carbocycles. The van der Waals surface area contributed by atoms with Crippen LogP contribution in [-0.4, -0.2) is 39.4 Å². The van der Waals surface area contributed by atoms with Crippen molar-refractivity contribution >= 4 is 11.0 Å². The number of rotatable bonds is 4. The van der Waals surface area contributed by atoms with E-state index in [0.29, 0.717) is 6.61 Å². The van der Waals surface area contributed by atoms with Gasteiger partial charge in [0, 0.05) is 25.0 Å². The first kappa shape index (κ1) is 14.4. The first-order valence-electron chi connectivity index (χ1n) is 8.02. The highest BCUT2D eigenvalue weighted by atomic mass is 16.5. The Morgan fingerprint density at radius 2 is 2.22 bits per heavy atom. The van der Waals surface area contributed by atoms with Gasteiger partial charge in [0.1, 0.15) is 23.8 Å². The zero-order valence-electron chi connectivity index (χ0n) is 13.2. The Morgan fingerprint density at radius 3 is 3.09 bits per heavy atom. The Labute approximate surface area is 134 Å². The molecule has 6 nitrogen and oxygen atoms in total. The van der Waals surface area contributed by atoms with Gasteiger partial charge in [0.2, 0.25) is 0 Å². The molecular weight excluding hydrogens is 292 g/mol. The second kappa shape index (κ2) is 6.14. The number of fused-ring (bicyclic) bond motifs is 1. The van der Waals surface area contributed by atoms with Crippen molar-refractivity contribution < 1.29 is 9.15 Å². The highest BCUT2D eigenvalue weighted by Crippen LogP contribution is 2.24. The maximum atomic E-state index is 5.93. The minimum Gasteiger partial charge on any atom is -0.460 e. The first-order chi connectivity index (χ1) is 11.3. The number of benzene rings is 1. The summed E-state index contributed by atoms with van der Waals surface area (Å²) in [5.74, 6) is 1.89. The van der Waals surface area contributed by atoms with Crippen LogP contribution in [0.4, 0.5) is 0 Å². The summed E-state index contributed by atoms with van der Waals surface area (Å²) in [5.41, 5.74) is 0.943. The third kappa shape index (κ3) is 2.87. The van der Waals surface area contributed by atoms with Crippen LogP contribution in [0.25, 0.3) is 11.0 Å². The van der Waals surface area contributed by atoms with Gasteiger partial charge in [-0.2, -0.15) is 0 Å². The van der Waals surface area contributed by atoms with Crippen LogP contribution in [0.15, 0.2) is 41.1 Å². The van der Waals surface area contributed by atoms with E-state index in [4.69, 9.17) is 9.15 Å². The number of aryl methyl sites for hydroxylation is 1. The fourth-order valence-electron chi connectivity index (χ4n) is 3.09. The Balaban J connectivity index is 1.49. The van der Waals surface area contributed by atoms with E-state index in [1.807, 2.05) is 22.8 Å². The van der Waals surface area contributed by atoms with Crippen LogP contribution in [0.1, 0.15) is 24.6 Å². The quantitative estimate of drug-likeness (QED) is 0.741. The van der Waals surface area contributed by atoms with Gasteiger partial charge in [-0.1, -0.05) is 18.2 Å². The van der Waals surface area contributed by atoms with E-state index in [1.54, 1.807) is 6.33 Å². The number of aromatic nitrogens is 3. The molecule has 23 heavy (non-hydrogen) atoms. The second-order valence-electron chi connectivity index (χ2n) is 5.82. The molecule has 1 aliphatic heterocycles. The predicted octanol–water partition coefficient (Wildman–Crippen LogP) is 2.62. The fourth-order valence-corrected chi connectivity index (χ4v) is 3.09. The Kier molecular flexibility index (Phi) is 3.85. The molecule has 1 aromatic carbocycles. The molecule has 0 saturated carbocycles. The molecule has 4 rings (SSSR count). The minimum atomic E-state index is -0.0319. The normalized spacial score (nSPS) is 19.4. The highest BCUT2D eigenvalue weighted by molar-refractivity contribution is 5.77. The fraction of sp³-hybridized carbons (Fsp3) is 0.412. The Bertz CT molecular complexity index is 762. The summed E-state index contributed by atoms with van der Waals surface area (Å²) in [4.78, 5) is 2.35. The largest absolute Gasteiger partial charge is 0.460 e. The van der Waals surface area contributed by atoms with E-state index in [-0.39, 0.29) is 6.10 Å². The number of hydrogen-bond donors (Lipinski definition) is 0. The zero-order chi connectivity index (χ0) is 15.6. The number of para-hydroxylation sites is 1. The molecule has 0 bridgehead atoms. The van der Waals surface area contributed by atoms with Gasteiger partial charge in [0.25, 0.3) is 0 Å². The molecule has 0 spiro atoms. The van der Waals surface area contributed by atoms with E-state index in [2.05, 4.69) is 34.2 Å². The van der Waals surface area contributed by atoms with Crippen LogP contribution in [0, 0.1) is 0 Å². The van der Waals surface area contributed by atoms with E-state index >= 15 is 0 Å². The maximum Gasteiger partial charge on any atom is 0.163 e. The number of furan rings is 1. The minimum absolute atomic E-state index is 0.0319. The van der Waals surface area contributed by atoms with Gasteiger partial charge in [-0.25, -0.2) is 0 Å². The molecule has 3 heterocycles. The summed E-state index contributed by atoms with van der Waals surface area (Å²) in [6.07, 6.45) is 1.73. The summed E-state index contributed by atoms with van der Waals surface area (Å²) in [5, 5.41) is 9.38. The van der Waals surface area contributed by atoms with Crippen LogP contribution in [0.5, 0.6) is 0 Å². The first-order valence-corrected chi connectivity index (χ1v) is 8.02. The monoisotopic (exact) mass is 312 g/mol. The summed E-state index contributed by atoms with van der Waals surface area (Å²) in [7, 11) is 0. The Hall–Kier alpha value is -2.18. The van der Waals surface area contributed by atoms with Crippen LogP contribution < -0.4 is 0 Å². The topological polar surface area (TPSA) is 56.3 Å². The molecule has 0 N–H and O–H groups in total. The summed E-state index contributed by atoms with van der Waals surface area (Å²) < 4.78 is 13.9. The average molecular weight is 312 g/mol. The van der Waals surface area contributed by atoms with E-state index < -0.39 is 0 Å². The lowest BCUT2D eigenvalue weighted by Crippen LogP contribution is -2.38. The van der Waals surface area contributed by atoms with Crippen LogP contribution in [0.3, 0.4) is 0 Å². The third-order valence-electron chi connectivity index (χ3n) is 4.28. The van der Waals surface area contributed by atoms with E-state index in [0.717, 1.165) is 48.7 Å². The standard InChI is InChI=1S/C17H20N4O2/c1-2-21-12-18-19-17(21)16-11-20(7-8-22-16)10-14-9-13-5-3-4-6-15(13)23-14/h3-6,9,12,16H,2,7-8,10-11H2,1H3/t16-/m0/s1. The van der Waals surface area contributed by atoms with Gasteiger partial charge in [0.05, 0.1) is 13.2 Å². The molecule has 1 aliphatic rings. The van der Waals surface area contributed by atoms with Gasteiger partial charge in [-0.3, -0.25) is 4.90 Å². The smallest absolute Gasteiger partial charge is 0.163 e. The molecular formula is C17H20N4O2. The van der Waals surface area contributed by atoms with Gasteiger partial charge in [-0.05, 0) is 19.1 Å². The molecule has 3 aromatic rings. The number of ether oxygens (including phenoxy) is 1. The van der Waals surface area contributed by atoms with Gasteiger partial charge >= 0.3 is 0 Å². The van der Waals surface area contributed by atoms with Crippen LogP contribution >= 0.6 is 0 Å². The molecule has 0 unspecified atom stereocenters. The van der Waals surface area contributed by atoms with E-state index in [1.165, 1.54) is 0 Å². The molecule has 0 radical (unpaired) electrons. The number of morpholine rings is 1. The van der Waals surface area contributed by atoms with Crippen molar-refractivity contribution in [2.75, 3.05) is 19.7 Å². The molecule has 0 amide bonds. The van der Waals surface area contributed by atoms with Gasteiger partial charge in [-0.15, -0.1) is 10.2 Å². The number of hydrogen-bond acceptors (Lipinski definition) is 5. The molecule has 6 heteroatoms. The average Bonchev–Trinajstić information content (AvgIpc) is 3.20. The lowest BCUT2D eigenvalue weighted by Gasteiger charge is -2.31. The zero-order valence-corrected chi connectivity index (χ0v) is 13.2. The lowest BCUT2D eigenvalue weighted by atomic mass is 10.2. The van der Waals surface area contributed by atoms with Crippen molar-refractivity contribution in [3.8, 4) is 0 Å². The second-order valence-corrected chi connectivity index (χ2v) is 5.82. The predicted molar refractivity (Wildman–Crippen MR) is 85.9 cm³/mol. The van der Waals surface area contributed by atoms with Crippen LogP contribution in [-0.2, 0) is 17.8 Å². The lowest BCUT2D eigenvalue weighted by molar-refractivity contribution is -0.0404. The van der Waals surface area contributed by atoms with Crippen molar-refractivity contribution in [3.05, 3.63) is 48.2 Å². The molecule has 1 atom stereocenters. The van der Waals surface area contributed by atoms with E-state index in [9.17, 15) is 0 Å². The summed E-state index contributed by atoms with van der Waals surface area (Å²) in [6, 6.07) is 10.2. The SMILES string of the molecule is CCn1cnnc1[C@@H]1CN(Cc2cc3ccccc3o2)CCO1. The summed E-state index contributed by atoms with van der Waals surface area (Å²) in [6.45, 7) is 6.12. The third-order valence-corrected chi connectivity index (χ3v) is 4.28. The van der Waals surface area contributed by atoms with Crippen molar-refractivity contribution in [1.82, 2.24) is 19.7 Å². The van der Waals surface area contributed by atoms with Gasteiger partial charge < -0.3 is 13.7 Å². The van der Waals surface area contributed by atoms with Gasteiger partial charge in [0.15, 0.2) is 5.82 Å². The maximum absolute atomic E-state index is 5.93. The number of nitrogens with zero attached hydrogens (tertiary/aromatic N) is 4. The van der Waals surface area contributed by atoms with Crippen molar-refractivity contribution in [3.63, 3.8) is 0 Å². The summed E-state index contributed by atoms with van der Waals surface area (Å²) >= 11 is 0. The molecule has 1 fully saturated rings.